The van der Waals surface area contributed by atoms with Crippen LogP contribution in [-0.4, -0.2) is 26.8 Å². The molecule has 1 aliphatic carbocycles. The number of hydrogen-bond acceptors (Lipinski definition) is 4. The fourth-order valence-corrected chi connectivity index (χ4v) is 3.26. The van der Waals surface area contributed by atoms with Crippen LogP contribution in [0.2, 0.25) is 0 Å². The van der Waals surface area contributed by atoms with Gasteiger partial charge in [-0.25, -0.2) is 22.5 Å². The Morgan fingerprint density at radius 2 is 1.68 bits per heavy atom. The molecule has 1 saturated carbocycles. The van der Waals surface area contributed by atoms with Gasteiger partial charge in [0.05, 0.1) is 11.0 Å². The van der Waals surface area contributed by atoms with Crippen molar-refractivity contribution < 1.29 is 27.8 Å². The maximum atomic E-state index is 15.0. The summed E-state index contributed by atoms with van der Waals surface area (Å²) < 4.78 is 55.6. The SMILES string of the molecule is CC(C)(O)c1cc(CC(N)(O)[C@@]2(C)CC2(F)F)nc(-c2ccc(F)cc2)c1F. The van der Waals surface area contributed by atoms with E-state index >= 15 is 4.39 Å². The van der Waals surface area contributed by atoms with Crippen LogP contribution in [0.25, 0.3) is 11.3 Å². The van der Waals surface area contributed by atoms with Crippen LogP contribution in [-0.2, 0) is 12.0 Å². The number of benzene rings is 1. The summed E-state index contributed by atoms with van der Waals surface area (Å²) >= 11 is 0. The zero-order valence-corrected chi connectivity index (χ0v) is 15.7. The predicted octanol–water partition coefficient (Wildman–Crippen LogP) is 3.49. The molecule has 0 spiro atoms. The van der Waals surface area contributed by atoms with Crippen LogP contribution < -0.4 is 5.73 Å². The van der Waals surface area contributed by atoms with Gasteiger partial charge in [-0.05, 0) is 51.1 Å². The molecule has 0 amide bonds. The number of halogens is 4. The van der Waals surface area contributed by atoms with E-state index in [0.29, 0.717) is 0 Å². The van der Waals surface area contributed by atoms with Gasteiger partial charge in [0, 0.05) is 29.7 Å². The molecule has 8 heteroatoms. The van der Waals surface area contributed by atoms with Gasteiger partial charge in [0.2, 0.25) is 0 Å². The summed E-state index contributed by atoms with van der Waals surface area (Å²) in [6.07, 6.45) is -1.05. The third-order valence-corrected chi connectivity index (χ3v) is 5.45. The number of aromatic nitrogens is 1. The fraction of sp³-hybridized carbons (Fsp3) is 0.450. The first kappa shape index (κ1) is 20.7. The highest BCUT2D eigenvalue weighted by atomic mass is 19.3. The number of rotatable bonds is 5. The monoisotopic (exact) mass is 398 g/mol. The summed E-state index contributed by atoms with van der Waals surface area (Å²) in [6, 6.07) is 6.06. The van der Waals surface area contributed by atoms with E-state index in [9.17, 15) is 23.4 Å². The highest BCUT2D eigenvalue weighted by Crippen LogP contribution is 2.65. The van der Waals surface area contributed by atoms with E-state index < -0.39 is 47.1 Å². The lowest BCUT2D eigenvalue weighted by Crippen LogP contribution is -2.52. The van der Waals surface area contributed by atoms with Crippen molar-refractivity contribution in [2.75, 3.05) is 0 Å². The molecule has 1 unspecified atom stereocenters. The first-order valence-corrected chi connectivity index (χ1v) is 8.75. The Balaban J connectivity index is 2.09. The molecule has 2 atom stereocenters. The Labute approximate surface area is 160 Å². The summed E-state index contributed by atoms with van der Waals surface area (Å²) in [5.74, 6) is -4.47. The lowest BCUT2D eigenvalue weighted by atomic mass is 9.88. The third-order valence-electron chi connectivity index (χ3n) is 5.45. The molecule has 152 valence electrons. The van der Waals surface area contributed by atoms with Gasteiger partial charge in [0.15, 0.2) is 5.82 Å². The quantitative estimate of drug-likeness (QED) is 0.532. The van der Waals surface area contributed by atoms with Crippen molar-refractivity contribution in [2.24, 2.45) is 11.1 Å². The maximum Gasteiger partial charge on any atom is 0.258 e. The number of pyridine rings is 1. The molecule has 1 aliphatic rings. The van der Waals surface area contributed by atoms with Crippen molar-refractivity contribution in [1.82, 2.24) is 4.98 Å². The van der Waals surface area contributed by atoms with Crippen LogP contribution in [0.4, 0.5) is 17.6 Å². The molecule has 4 N–H and O–H groups in total. The van der Waals surface area contributed by atoms with Gasteiger partial charge in [-0.3, -0.25) is 0 Å². The fourth-order valence-electron chi connectivity index (χ4n) is 3.26. The molecule has 3 rings (SSSR count). The number of nitrogens with two attached hydrogens (primary N) is 1. The van der Waals surface area contributed by atoms with Crippen molar-refractivity contribution in [3.05, 3.63) is 53.2 Å². The van der Waals surface area contributed by atoms with Gasteiger partial charge in [0.1, 0.15) is 17.2 Å². The molecular formula is C20H22F4N2O2. The van der Waals surface area contributed by atoms with Crippen LogP contribution in [0.15, 0.2) is 30.3 Å². The van der Waals surface area contributed by atoms with Crippen molar-refractivity contribution in [3.63, 3.8) is 0 Å². The minimum Gasteiger partial charge on any atom is -0.386 e. The van der Waals surface area contributed by atoms with Gasteiger partial charge in [-0.2, -0.15) is 0 Å². The predicted molar refractivity (Wildman–Crippen MR) is 95.3 cm³/mol. The minimum atomic E-state index is -3.12. The van der Waals surface area contributed by atoms with Crippen molar-refractivity contribution in [3.8, 4) is 11.3 Å². The van der Waals surface area contributed by atoms with Crippen LogP contribution in [0.3, 0.4) is 0 Å². The Morgan fingerprint density at radius 1 is 1.14 bits per heavy atom. The maximum absolute atomic E-state index is 15.0. The normalized spacial score (nSPS) is 23.4. The molecule has 4 nitrogen and oxygen atoms in total. The molecule has 2 aromatic rings. The lowest BCUT2D eigenvalue weighted by Gasteiger charge is -2.31. The molecule has 1 heterocycles. The number of nitrogens with zero attached hydrogens (tertiary/aromatic N) is 1. The van der Waals surface area contributed by atoms with E-state index in [0.717, 1.165) is 12.1 Å². The van der Waals surface area contributed by atoms with E-state index in [1.165, 1.54) is 39.0 Å². The molecule has 0 aliphatic heterocycles. The second-order valence-electron chi connectivity index (χ2n) is 8.20. The zero-order valence-electron chi connectivity index (χ0n) is 15.7. The topological polar surface area (TPSA) is 79.4 Å². The molecule has 28 heavy (non-hydrogen) atoms. The van der Waals surface area contributed by atoms with Crippen LogP contribution in [0.5, 0.6) is 0 Å². The largest absolute Gasteiger partial charge is 0.386 e. The molecule has 0 radical (unpaired) electrons. The van der Waals surface area contributed by atoms with E-state index in [1.807, 2.05) is 0 Å². The van der Waals surface area contributed by atoms with Gasteiger partial charge in [-0.15, -0.1) is 0 Å². The van der Waals surface area contributed by atoms with E-state index in [4.69, 9.17) is 5.73 Å². The molecule has 1 aromatic carbocycles. The standard InChI is InChI=1S/C20H22F4N2O2/c1-17(2,27)14-8-13(9-20(25,28)18(3)10-19(18,23)24)26-16(15(14)22)11-4-6-12(21)7-5-11/h4-8,27-28H,9-10,25H2,1-3H3/t18-,20?/m0/s1. The Bertz CT molecular complexity index is 908. The average Bonchev–Trinajstić information content (AvgIpc) is 3.09. The molecule has 0 saturated heterocycles. The average molecular weight is 398 g/mol. The van der Waals surface area contributed by atoms with Crippen LogP contribution in [0.1, 0.15) is 38.4 Å². The second kappa shape index (κ2) is 6.23. The van der Waals surface area contributed by atoms with E-state index in [1.54, 1.807) is 0 Å². The van der Waals surface area contributed by atoms with Gasteiger partial charge >= 0.3 is 0 Å². The zero-order chi connectivity index (χ0) is 21.1. The summed E-state index contributed by atoms with van der Waals surface area (Å²) in [5, 5.41) is 20.8. The van der Waals surface area contributed by atoms with E-state index in [2.05, 4.69) is 4.98 Å². The summed E-state index contributed by atoms with van der Waals surface area (Å²) in [4.78, 5) is 4.13. The molecule has 1 aromatic heterocycles. The molecular weight excluding hydrogens is 376 g/mol. The third kappa shape index (κ3) is 3.40. The second-order valence-corrected chi connectivity index (χ2v) is 8.20. The van der Waals surface area contributed by atoms with Crippen molar-refractivity contribution >= 4 is 0 Å². The van der Waals surface area contributed by atoms with Gasteiger partial charge in [0.25, 0.3) is 5.92 Å². The number of aliphatic hydroxyl groups is 2. The van der Waals surface area contributed by atoms with Crippen molar-refractivity contribution in [2.45, 2.75) is 50.9 Å². The van der Waals surface area contributed by atoms with Crippen LogP contribution >= 0.6 is 0 Å². The lowest BCUT2D eigenvalue weighted by molar-refractivity contribution is -0.0741. The highest BCUT2D eigenvalue weighted by molar-refractivity contribution is 5.61. The Hall–Kier alpha value is -2.03. The number of alkyl halides is 2. The first-order chi connectivity index (χ1) is 12.7. The molecule has 1 fully saturated rings. The minimum absolute atomic E-state index is 0.0341. The molecule has 0 bridgehead atoms. The number of hydrogen-bond donors (Lipinski definition) is 3. The van der Waals surface area contributed by atoms with Gasteiger partial charge < -0.3 is 15.9 Å². The Morgan fingerprint density at radius 3 is 2.14 bits per heavy atom. The van der Waals surface area contributed by atoms with Crippen molar-refractivity contribution in [1.29, 1.82) is 0 Å². The first-order valence-electron chi connectivity index (χ1n) is 8.75. The highest BCUT2D eigenvalue weighted by Gasteiger charge is 2.75. The van der Waals surface area contributed by atoms with Gasteiger partial charge in [-0.1, -0.05) is 0 Å². The Kier molecular flexibility index (Phi) is 4.61. The van der Waals surface area contributed by atoms with Crippen LogP contribution in [0, 0.1) is 17.0 Å². The summed E-state index contributed by atoms with van der Waals surface area (Å²) in [5.41, 5.74) is -0.0101. The summed E-state index contributed by atoms with van der Waals surface area (Å²) in [7, 11) is 0. The smallest absolute Gasteiger partial charge is 0.258 e. The summed E-state index contributed by atoms with van der Waals surface area (Å²) in [6.45, 7) is 3.89. The van der Waals surface area contributed by atoms with E-state index in [-0.39, 0.29) is 22.5 Å².